The highest BCUT2D eigenvalue weighted by Crippen LogP contribution is 2.01. The number of carboxylic acids is 1. The van der Waals surface area contributed by atoms with Gasteiger partial charge in [0.25, 0.3) is 0 Å². The Morgan fingerprint density at radius 3 is 2.73 bits per heavy atom. The highest BCUT2D eigenvalue weighted by Gasteiger charge is 2.04. The van der Waals surface area contributed by atoms with Crippen molar-refractivity contribution >= 4 is 5.97 Å². The zero-order chi connectivity index (χ0) is 8.69. The Morgan fingerprint density at radius 2 is 2.27 bits per heavy atom. The number of rotatable bonds is 6. The lowest BCUT2D eigenvalue weighted by molar-refractivity contribution is -0.137. The van der Waals surface area contributed by atoms with Crippen LogP contribution in [0.25, 0.3) is 0 Å². The Morgan fingerprint density at radius 1 is 1.64 bits per heavy atom. The summed E-state index contributed by atoms with van der Waals surface area (Å²) in [7, 11) is 0. The molecular weight excluding hydrogens is 144 g/mol. The first-order valence-electron chi connectivity index (χ1n) is 4.00. The molecule has 0 spiro atoms. The second kappa shape index (κ2) is 6.16. The summed E-state index contributed by atoms with van der Waals surface area (Å²) in [6.07, 6.45) is 1.86. The van der Waals surface area contributed by atoms with Crippen molar-refractivity contribution in [1.82, 2.24) is 0 Å². The van der Waals surface area contributed by atoms with Crippen molar-refractivity contribution in [3.63, 3.8) is 0 Å². The molecular formula is C8H16O3. The maximum atomic E-state index is 10.1. The van der Waals surface area contributed by atoms with Gasteiger partial charge in [-0.3, -0.25) is 4.79 Å². The van der Waals surface area contributed by atoms with E-state index in [4.69, 9.17) is 9.84 Å². The average molecular weight is 160 g/mol. The standard InChI is InChI=1S/C8H16O3/c1-3-6-11-7(2)4-5-8(9)10/h7H,3-6H2,1-2H3,(H,9,10). The zero-order valence-electron chi connectivity index (χ0n) is 7.17. The molecule has 0 radical (unpaired) electrons. The molecule has 0 saturated carbocycles. The van der Waals surface area contributed by atoms with E-state index in [2.05, 4.69) is 0 Å². The van der Waals surface area contributed by atoms with Crippen molar-refractivity contribution in [3.05, 3.63) is 0 Å². The van der Waals surface area contributed by atoms with Crippen LogP contribution in [0.15, 0.2) is 0 Å². The van der Waals surface area contributed by atoms with Gasteiger partial charge in [0, 0.05) is 13.0 Å². The van der Waals surface area contributed by atoms with Gasteiger partial charge in [-0.25, -0.2) is 0 Å². The predicted molar refractivity (Wildman–Crippen MR) is 42.6 cm³/mol. The minimum absolute atomic E-state index is 0.0750. The first-order valence-corrected chi connectivity index (χ1v) is 4.00. The minimum atomic E-state index is -0.753. The van der Waals surface area contributed by atoms with Gasteiger partial charge in [-0.1, -0.05) is 6.92 Å². The molecule has 0 amide bonds. The van der Waals surface area contributed by atoms with Gasteiger partial charge in [-0.05, 0) is 19.8 Å². The molecule has 3 heteroatoms. The van der Waals surface area contributed by atoms with Crippen molar-refractivity contribution in [1.29, 1.82) is 0 Å². The van der Waals surface area contributed by atoms with Crippen molar-refractivity contribution in [2.75, 3.05) is 6.61 Å². The zero-order valence-corrected chi connectivity index (χ0v) is 7.17. The summed E-state index contributed by atoms with van der Waals surface area (Å²) < 4.78 is 5.28. The van der Waals surface area contributed by atoms with Crippen molar-refractivity contribution in [3.8, 4) is 0 Å². The van der Waals surface area contributed by atoms with Crippen molar-refractivity contribution in [2.24, 2.45) is 0 Å². The van der Waals surface area contributed by atoms with Crippen LogP contribution in [-0.2, 0) is 9.53 Å². The smallest absolute Gasteiger partial charge is 0.303 e. The summed E-state index contributed by atoms with van der Waals surface area (Å²) in [5, 5.41) is 8.33. The van der Waals surface area contributed by atoms with E-state index in [1.165, 1.54) is 0 Å². The summed E-state index contributed by atoms with van der Waals surface area (Å²) in [4.78, 5) is 10.1. The van der Waals surface area contributed by atoms with E-state index < -0.39 is 5.97 Å². The van der Waals surface area contributed by atoms with Crippen LogP contribution in [0.1, 0.15) is 33.1 Å². The van der Waals surface area contributed by atoms with E-state index in [1.807, 2.05) is 13.8 Å². The van der Waals surface area contributed by atoms with Gasteiger partial charge >= 0.3 is 5.97 Å². The van der Waals surface area contributed by atoms with Crippen LogP contribution in [0.4, 0.5) is 0 Å². The third-order valence-corrected chi connectivity index (χ3v) is 1.37. The highest BCUT2D eigenvalue weighted by molar-refractivity contribution is 5.66. The largest absolute Gasteiger partial charge is 0.481 e. The first-order chi connectivity index (χ1) is 5.16. The third-order valence-electron chi connectivity index (χ3n) is 1.37. The van der Waals surface area contributed by atoms with Gasteiger partial charge in [0.2, 0.25) is 0 Å². The second-order valence-corrected chi connectivity index (χ2v) is 2.61. The number of hydrogen-bond donors (Lipinski definition) is 1. The molecule has 1 unspecified atom stereocenters. The topological polar surface area (TPSA) is 46.5 Å². The van der Waals surface area contributed by atoms with Gasteiger partial charge in [-0.2, -0.15) is 0 Å². The van der Waals surface area contributed by atoms with Gasteiger partial charge < -0.3 is 9.84 Å². The molecule has 0 aliphatic rings. The highest BCUT2D eigenvalue weighted by atomic mass is 16.5. The SMILES string of the molecule is CCCOC(C)CCC(=O)O. The van der Waals surface area contributed by atoms with E-state index in [9.17, 15) is 4.79 Å². The molecule has 3 nitrogen and oxygen atoms in total. The molecule has 0 rings (SSSR count). The van der Waals surface area contributed by atoms with E-state index >= 15 is 0 Å². The fourth-order valence-corrected chi connectivity index (χ4v) is 0.729. The molecule has 0 aliphatic heterocycles. The van der Waals surface area contributed by atoms with E-state index in [-0.39, 0.29) is 12.5 Å². The van der Waals surface area contributed by atoms with Crippen molar-refractivity contribution in [2.45, 2.75) is 39.2 Å². The van der Waals surface area contributed by atoms with Crippen LogP contribution in [0, 0.1) is 0 Å². The van der Waals surface area contributed by atoms with E-state index in [0.29, 0.717) is 6.42 Å². The van der Waals surface area contributed by atoms with Gasteiger partial charge in [0.05, 0.1) is 6.10 Å². The fourth-order valence-electron chi connectivity index (χ4n) is 0.729. The normalized spacial score (nSPS) is 12.9. The minimum Gasteiger partial charge on any atom is -0.481 e. The monoisotopic (exact) mass is 160 g/mol. The maximum absolute atomic E-state index is 10.1. The fraction of sp³-hybridized carbons (Fsp3) is 0.875. The van der Waals surface area contributed by atoms with Gasteiger partial charge in [-0.15, -0.1) is 0 Å². The molecule has 0 aromatic heterocycles. The molecule has 0 aromatic rings. The number of aliphatic carboxylic acids is 1. The second-order valence-electron chi connectivity index (χ2n) is 2.61. The Kier molecular flexibility index (Phi) is 5.84. The Hall–Kier alpha value is -0.570. The average Bonchev–Trinajstić information content (AvgIpc) is 1.97. The van der Waals surface area contributed by atoms with Crippen LogP contribution in [0.5, 0.6) is 0 Å². The van der Waals surface area contributed by atoms with Crippen LogP contribution in [0.2, 0.25) is 0 Å². The maximum Gasteiger partial charge on any atom is 0.303 e. The lowest BCUT2D eigenvalue weighted by Gasteiger charge is -2.09. The number of carbonyl (C=O) groups is 1. The summed E-state index contributed by atoms with van der Waals surface area (Å²) in [6.45, 7) is 4.66. The van der Waals surface area contributed by atoms with Crippen LogP contribution in [-0.4, -0.2) is 23.8 Å². The Balaban J connectivity index is 3.22. The van der Waals surface area contributed by atoms with Crippen LogP contribution in [0.3, 0.4) is 0 Å². The van der Waals surface area contributed by atoms with Gasteiger partial charge in [0.15, 0.2) is 0 Å². The molecule has 1 atom stereocenters. The molecule has 1 N–H and O–H groups in total. The molecule has 0 aromatic carbocycles. The Bertz CT molecular complexity index is 112. The van der Waals surface area contributed by atoms with Crippen LogP contribution >= 0.6 is 0 Å². The van der Waals surface area contributed by atoms with E-state index in [1.54, 1.807) is 0 Å². The molecule has 0 aliphatic carbocycles. The third kappa shape index (κ3) is 7.33. The molecule has 66 valence electrons. The summed E-state index contributed by atoms with van der Waals surface area (Å²) >= 11 is 0. The molecule has 0 saturated heterocycles. The number of hydrogen-bond acceptors (Lipinski definition) is 2. The van der Waals surface area contributed by atoms with Gasteiger partial charge in [0.1, 0.15) is 0 Å². The van der Waals surface area contributed by atoms with E-state index in [0.717, 1.165) is 13.0 Å². The summed E-state index contributed by atoms with van der Waals surface area (Å²) in [6, 6.07) is 0. The Labute approximate surface area is 67.4 Å². The lowest BCUT2D eigenvalue weighted by Crippen LogP contribution is -2.10. The lowest BCUT2D eigenvalue weighted by atomic mass is 10.2. The molecule has 0 fully saturated rings. The summed E-state index contributed by atoms with van der Waals surface area (Å²) in [5.74, 6) is -0.753. The predicted octanol–water partition coefficient (Wildman–Crippen LogP) is 1.67. The number of carboxylic acid groups (broad SMARTS) is 1. The summed E-state index contributed by atoms with van der Waals surface area (Å²) in [5.41, 5.74) is 0. The van der Waals surface area contributed by atoms with Crippen molar-refractivity contribution < 1.29 is 14.6 Å². The first kappa shape index (κ1) is 10.4. The van der Waals surface area contributed by atoms with Crippen LogP contribution < -0.4 is 0 Å². The quantitative estimate of drug-likeness (QED) is 0.642. The molecule has 0 bridgehead atoms. The molecule has 11 heavy (non-hydrogen) atoms. The molecule has 0 heterocycles. The number of ether oxygens (including phenoxy) is 1.